The summed E-state index contributed by atoms with van der Waals surface area (Å²) in [6.45, 7) is 0. The highest BCUT2D eigenvalue weighted by Gasteiger charge is 2.16. The Morgan fingerprint density at radius 2 is 1.67 bits per heavy atom. The van der Waals surface area contributed by atoms with Gasteiger partial charge in [-0.2, -0.15) is 0 Å². The zero-order valence-electron chi connectivity index (χ0n) is 23.8. The lowest BCUT2D eigenvalue weighted by Crippen LogP contribution is -2.30. The van der Waals surface area contributed by atoms with Crippen LogP contribution in [0.25, 0.3) is 17.3 Å². The molecule has 10 nitrogen and oxygen atoms in total. The molecule has 13 heteroatoms. The number of nitro benzene ring substituents is 1. The number of nitro groups is 1. The molecular weight excluding hydrogens is 690 g/mol. The van der Waals surface area contributed by atoms with Crippen molar-refractivity contribution in [3.05, 3.63) is 140 Å². The molecule has 0 spiro atoms. The molecule has 5 aromatic rings. The van der Waals surface area contributed by atoms with Crippen LogP contribution in [0.3, 0.4) is 0 Å². The molecule has 5 rings (SSSR count). The Hall–Kier alpha value is -5.11. The van der Waals surface area contributed by atoms with Crippen LogP contribution in [0.2, 0.25) is 0 Å². The van der Waals surface area contributed by atoms with Crippen LogP contribution in [-0.2, 0) is 9.59 Å². The largest absolute Gasteiger partial charge is 0.321 e. The van der Waals surface area contributed by atoms with Crippen molar-refractivity contribution in [2.75, 3.05) is 16.4 Å². The zero-order valence-corrected chi connectivity index (χ0v) is 27.0. The first-order valence-electron chi connectivity index (χ1n) is 13.6. The number of thiazole rings is 1. The fraction of sp³-hybridized carbons (Fsp3) is 0.0303. The number of rotatable bonds is 11. The van der Waals surface area contributed by atoms with E-state index in [2.05, 4.69) is 36.9 Å². The van der Waals surface area contributed by atoms with E-state index in [1.54, 1.807) is 78.2 Å². The van der Waals surface area contributed by atoms with Crippen LogP contribution in [0.1, 0.15) is 15.9 Å². The number of anilines is 2. The third-order valence-electron chi connectivity index (χ3n) is 6.27. The van der Waals surface area contributed by atoms with Gasteiger partial charge in [0.1, 0.15) is 5.70 Å². The number of hydrogen-bond donors (Lipinski definition) is 3. The second-order valence-corrected chi connectivity index (χ2v) is 12.4. The molecule has 0 aliphatic rings. The van der Waals surface area contributed by atoms with Crippen molar-refractivity contribution >= 4 is 79.3 Å². The van der Waals surface area contributed by atoms with Crippen LogP contribution in [-0.4, -0.2) is 33.4 Å². The highest BCUT2D eigenvalue weighted by Crippen LogP contribution is 2.28. The topological polar surface area (TPSA) is 143 Å². The average Bonchev–Trinajstić information content (AvgIpc) is 3.53. The number of amides is 3. The van der Waals surface area contributed by atoms with Gasteiger partial charge in [-0.25, -0.2) is 4.98 Å². The van der Waals surface area contributed by atoms with Crippen LogP contribution in [0.15, 0.2) is 124 Å². The molecule has 1 heterocycles. The van der Waals surface area contributed by atoms with E-state index in [0.29, 0.717) is 27.6 Å². The van der Waals surface area contributed by atoms with Crippen molar-refractivity contribution in [2.45, 2.75) is 4.90 Å². The van der Waals surface area contributed by atoms with Gasteiger partial charge in [0.05, 0.1) is 16.4 Å². The van der Waals surface area contributed by atoms with Crippen molar-refractivity contribution in [2.24, 2.45) is 0 Å². The van der Waals surface area contributed by atoms with Crippen LogP contribution < -0.4 is 16.0 Å². The number of thioether (sulfide) groups is 1. The summed E-state index contributed by atoms with van der Waals surface area (Å²) >= 11 is 5.96. The molecule has 0 aliphatic heterocycles. The van der Waals surface area contributed by atoms with Crippen LogP contribution in [0.5, 0.6) is 0 Å². The SMILES string of the molecule is O=C(CSc1ccc(NC(=O)/C(=C/c2cccc(Br)c2)NC(=O)c2ccccc2)cc1)Nc1nc(-c2cccc([N+](=O)[O-])c2)cs1. The highest BCUT2D eigenvalue weighted by molar-refractivity contribution is 9.10. The quantitative estimate of drug-likeness (QED) is 0.0553. The number of aromatic nitrogens is 1. The minimum Gasteiger partial charge on any atom is -0.321 e. The molecule has 0 aliphatic carbocycles. The monoisotopic (exact) mass is 713 g/mol. The Morgan fingerprint density at radius 1 is 0.913 bits per heavy atom. The third kappa shape index (κ3) is 8.97. The predicted octanol–water partition coefficient (Wildman–Crippen LogP) is 7.62. The van der Waals surface area contributed by atoms with E-state index in [4.69, 9.17) is 0 Å². The maximum absolute atomic E-state index is 13.3. The first kappa shape index (κ1) is 32.3. The molecule has 0 atom stereocenters. The lowest BCUT2D eigenvalue weighted by Gasteiger charge is -2.12. The first-order valence-corrected chi connectivity index (χ1v) is 16.3. The molecule has 0 radical (unpaired) electrons. The normalized spacial score (nSPS) is 11.0. The number of halogens is 1. The van der Waals surface area contributed by atoms with Crippen LogP contribution in [0, 0.1) is 10.1 Å². The predicted molar refractivity (Wildman–Crippen MR) is 185 cm³/mol. The number of hydrogen-bond acceptors (Lipinski definition) is 8. The highest BCUT2D eigenvalue weighted by atomic mass is 79.9. The van der Waals surface area contributed by atoms with Crippen molar-refractivity contribution < 1.29 is 19.3 Å². The van der Waals surface area contributed by atoms with Gasteiger partial charge in [0, 0.05) is 43.7 Å². The summed E-state index contributed by atoms with van der Waals surface area (Å²) in [5.41, 5.74) is 2.78. The first-order chi connectivity index (χ1) is 22.2. The van der Waals surface area contributed by atoms with E-state index in [1.165, 1.54) is 35.2 Å². The maximum Gasteiger partial charge on any atom is 0.272 e. The van der Waals surface area contributed by atoms with Gasteiger partial charge in [0.2, 0.25) is 5.91 Å². The molecule has 3 N–H and O–H groups in total. The number of nitrogens with zero attached hydrogens (tertiary/aromatic N) is 2. The maximum atomic E-state index is 13.3. The second-order valence-electron chi connectivity index (χ2n) is 9.59. The Labute approximate surface area is 280 Å². The van der Waals surface area contributed by atoms with E-state index in [0.717, 1.165) is 14.9 Å². The number of carbonyl (C=O) groups excluding carboxylic acids is 3. The van der Waals surface area contributed by atoms with Crippen molar-refractivity contribution in [1.82, 2.24) is 10.3 Å². The van der Waals surface area contributed by atoms with Crippen LogP contribution >= 0.6 is 39.0 Å². The molecule has 4 aromatic carbocycles. The van der Waals surface area contributed by atoms with Gasteiger partial charge in [-0.05, 0) is 60.2 Å². The fourth-order valence-corrected chi connectivity index (χ4v) is 5.94. The van der Waals surface area contributed by atoms with E-state index >= 15 is 0 Å². The average molecular weight is 715 g/mol. The minimum absolute atomic E-state index is 0.0367. The molecule has 0 fully saturated rings. The molecule has 230 valence electrons. The van der Waals surface area contributed by atoms with E-state index < -0.39 is 16.7 Å². The summed E-state index contributed by atoms with van der Waals surface area (Å²) in [6, 6.07) is 29.1. The number of carbonyl (C=O) groups is 3. The van der Waals surface area contributed by atoms with Gasteiger partial charge in [0.15, 0.2) is 5.13 Å². The Morgan fingerprint density at radius 3 is 2.41 bits per heavy atom. The molecule has 0 unspecified atom stereocenters. The third-order valence-corrected chi connectivity index (χ3v) is 8.54. The van der Waals surface area contributed by atoms with Gasteiger partial charge >= 0.3 is 0 Å². The lowest BCUT2D eigenvalue weighted by atomic mass is 10.1. The summed E-state index contributed by atoms with van der Waals surface area (Å²) in [5.74, 6) is -1.07. The van der Waals surface area contributed by atoms with Gasteiger partial charge in [-0.1, -0.05) is 58.4 Å². The van der Waals surface area contributed by atoms with Gasteiger partial charge < -0.3 is 16.0 Å². The van der Waals surface area contributed by atoms with Crippen LogP contribution in [0.4, 0.5) is 16.5 Å². The summed E-state index contributed by atoms with van der Waals surface area (Å²) < 4.78 is 0.828. The summed E-state index contributed by atoms with van der Waals surface area (Å²) in [5, 5.41) is 21.5. The van der Waals surface area contributed by atoms with Crippen molar-refractivity contribution in [3.8, 4) is 11.3 Å². The smallest absolute Gasteiger partial charge is 0.272 e. The minimum atomic E-state index is -0.503. The summed E-state index contributed by atoms with van der Waals surface area (Å²) in [4.78, 5) is 54.5. The van der Waals surface area contributed by atoms with Crippen molar-refractivity contribution in [3.63, 3.8) is 0 Å². The van der Waals surface area contributed by atoms with E-state index in [-0.39, 0.29) is 23.0 Å². The number of benzene rings is 4. The number of nitrogens with one attached hydrogen (secondary N) is 3. The van der Waals surface area contributed by atoms with Gasteiger partial charge in [-0.15, -0.1) is 23.1 Å². The Bertz CT molecular complexity index is 1930. The molecule has 1 aromatic heterocycles. The summed E-state index contributed by atoms with van der Waals surface area (Å²) in [6.07, 6.45) is 1.60. The molecule has 46 heavy (non-hydrogen) atoms. The lowest BCUT2D eigenvalue weighted by molar-refractivity contribution is -0.384. The molecule has 0 saturated heterocycles. The second kappa shape index (κ2) is 15.3. The standard InChI is InChI=1S/C33H24BrN5O5S2/c34-24-10-4-6-21(16-24)17-28(36-31(41)22-7-2-1-3-8-22)32(42)35-25-12-14-27(15-13-25)45-20-30(40)38-33-37-29(19-46-33)23-9-5-11-26(18-23)39(43)44/h1-19H,20H2,(H,35,42)(H,36,41)(H,37,38,40)/b28-17-. The molecular formula is C33H24BrN5O5S2. The molecule has 0 bridgehead atoms. The Balaban J connectivity index is 1.18. The van der Waals surface area contributed by atoms with Crippen molar-refractivity contribution in [1.29, 1.82) is 0 Å². The van der Waals surface area contributed by atoms with E-state index in [9.17, 15) is 24.5 Å². The zero-order chi connectivity index (χ0) is 32.5. The van der Waals surface area contributed by atoms with Gasteiger partial charge in [0.25, 0.3) is 17.5 Å². The molecule has 0 saturated carbocycles. The van der Waals surface area contributed by atoms with E-state index in [1.807, 2.05) is 24.3 Å². The Kier molecular flexibility index (Phi) is 10.7. The molecule has 3 amide bonds. The summed E-state index contributed by atoms with van der Waals surface area (Å²) in [7, 11) is 0. The van der Waals surface area contributed by atoms with Gasteiger partial charge in [-0.3, -0.25) is 24.5 Å². The number of non-ortho nitro benzene ring substituents is 1. The fourth-order valence-electron chi connectivity index (χ4n) is 4.09.